The lowest BCUT2D eigenvalue weighted by Crippen LogP contribution is -2.21. The predicted octanol–water partition coefficient (Wildman–Crippen LogP) is 4.25. The zero-order valence-corrected chi connectivity index (χ0v) is 13.7. The van der Waals surface area contributed by atoms with E-state index >= 15 is 0 Å². The van der Waals surface area contributed by atoms with Gasteiger partial charge in [-0.25, -0.2) is 8.42 Å². The van der Waals surface area contributed by atoms with E-state index in [1.165, 1.54) is 6.42 Å². The Morgan fingerprint density at radius 2 is 1.75 bits per heavy atom. The number of anilines is 1. The standard InChI is InChI=1S/C16H27NO2S/c1-4-7-11-14(10-5-2)17-15-12-8-9-13-16(15)20(18,19)6-3/h8-9,12-14,17H,4-7,10-11H2,1-3H3. The largest absolute Gasteiger partial charge is 0.381 e. The SMILES string of the molecule is CCCCC(CCC)Nc1ccccc1S(=O)(=O)CC. The minimum Gasteiger partial charge on any atom is -0.381 e. The van der Waals surface area contributed by atoms with Crippen LogP contribution in [-0.4, -0.2) is 20.2 Å². The molecule has 0 aromatic heterocycles. The lowest BCUT2D eigenvalue weighted by atomic mass is 10.0. The first-order valence-electron chi connectivity index (χ1n) is 7.63. The molecule has 0 saturated heterocycles. The molecular formula is C16H27NO2S. The van der Waals surface area contributed by atoms with Gasteiger partial charge in [0.1, 0.15) is 0 Å². The first kappa shape index (κ1) is 17.0. The van der Waals surface area contributed by atoms with Crippen molar-refractivity contribution in [1.29, 1.82) is 0 Å². The van der Waals surface area contributed by atoms with Gasteiger partial charge in [-0.2, -0.15) is 0 Å². The highest BCUT2D eigenvalue weighted by Gasteiger charge is 2.17. The molecule has 0 amide bonds. The van der Waals surface area contributed by atoms with Crippen LogP contribution >= 0.6 is 0 Å². The maximum absolute atomic E-state index is 12.1. The molecule has 0 radical (unpaired) electrons. The Bertz CT molecular complexity index is 497. The van der Waals surface area contributed by atoms with Crippen molar-refractivity contribution in [1.82, 2.24) is 0 Å². The van der Waals surface area contributed by atoms with E-state index < -0.39 is 9.84 Å². The molecule has 0 bridgehead atoms. The van der Waals surface area contributed by atoms with Gasteiger partial charge in [0.05, 0.1) is 16.3 Å². The van der Waals surface area contributed by atoms with Gasteiger partial charge >= 0.3 is 0 Å². The molecule has 0 spiro atoms. The van der Waals surface area contributed by atoms with Crippen LogP contribution in [0.25, 0.3) is 0 Å². The van der Waals surface area contributed by atoms with Crippen LogP contribution in [0.1, 0.15) is 52.9 Å². The van der Waals surface area contributed by atoms with E-state index in [2.05, 4.69) is 19.2 Å². The molecule has 0 aliphatic carbocycles. The Morgan fingerprint density at radius 3 is 2.35 bits per heavy atom. The summed E-state index contributed by atoms with van der Waals surface area (Å²) in [5.74, 6) is 0.138. The third-order valence-corrected chi connectivity index (χ3v) is 5.29. The quantitative estimate of drug-likeness (QED) is 0.741. The maximum atomic E-state index is 12.1. The molecule has 1 N–H and O–H groups in total. The van der Waals surface area contributed by atoms with Gasteiger partial charge in [-0.15, -0.1) is 0 Å². The van der Waals surface area contributed by atoms with Crippen molar-refractivity contribution in [2.45, 2.75) is 63.8 Å². The van der Waals surface area contributed by atoms with Gasteiger partial charge in [-0.3, -0.25) is 0 Å². The van der Waals surface area contributed by atoms with Crippen LogP contribution in [-0.2, 0) is 9.84 Å². The van der Waals surface area contributed by atoms with Gasteiger partial charge in [0.25, 0.3) is 0 Å². The van der Waals surface area contributed by atoms with Crippen LogP contribution < -0.4 is 5.32 Å². The summed E-state index contributed by atoms with van der Waals surface area (Å²) in [6.07, 6.45) is 5.59. The van der Waals surface area contributed by atoms with Crippen molar-refractivity contribution < 1.29 is 8.42 Å². The fourth-order valence-corrected chi connectivity index (χ4v) is 3.38. The van der Waals surface area contributed by atoms with Crippen LogP contribution in [0, 0.1) is 0 Å². The third kappa shape index (κ3) is 4.82. The van der Waals surface area contributed by atoms with E-state index in [-0.39, 0.29) is 5.75 Å². The van der Waals surface area contributed by atoms with Crippen molar-refractivity contribution in [2.24, 2.45) is 0 Å². The van der Waals surface area contributed by atoms with E-state index in [0.717, 1.165) is 31.4 Å². The molecule has 1 atom stereocenters. The second-order valence-corrected chi connectivity index (χ2v) is 7.42. The van der Waals surface area contributed by atoms with Crippen molar-refractivity contribution in [2.75, 3.05) is 11.1 Å². The third-order valence-electron chi connectivity index (χ3n) is 3.51. The molecule has 0 saturated carbocycles. The van der Waals surface area contributed by atoms with E-state index in [1.54, 1.807) is 19.1 Å². The highest BCUT2D eigenvalue weighted by atomic mass is 32.2. The van der Waals surface area contributed by atoms with Crippen molar-refractivity contribution >= 4 is 15.5 Å². The minimum absolute atomic E-state index is 0.138. The molecule has 0 aliphatic rings. The number of hydrogen-bond acceptors (Lipinski definition) is 3. The minimum atomic E-state index is -3.17. The van der Waals surface area contributed by atoms with Crippen molar-refractivity contribution in [3.05, 3.63) is 24.3 Å². The Morgan fingerprint density at radius 1 is 1.05 bits per heavy atom. The summed E-state index contributed by atoms with van der Waals surface area (Å²) >= 11 is 0. The molecule has 20 heavy (non-hydrogen) atoms. The van der Waals surface area contributed by atoms with Crippen LogP contribution in [0.4, 0.5) is 5.69 Å². The smallest absolute Gasteiger partial charge is 0.180 e. The number of benzene rings is 1. The number of hydrogen-bond donors (Lipinski definition) is 1. The van der Waals surface area contributed by atoms with E-state index in [0.29, 0.717) is 10.9 Å². The van der Waals surface area contributed by atoms with Gasteiger partial charge in [0.2, 0.25) is 0 Å². The molecule has 4 heteroatoms. The molecule has 1 aromatic rings. The summed E-state index contributed by atoms with van der Waals surface area (Å²) in [5, 5.41) is 3.44. The molecule has 0 heterocycles. The summed E-state index contributed by atoms with van der Waals surface area (Å²) in [6.45, 7) is 6.03. The second-order valence-electron chi connectivity index (χ2n) is 5.17. The lowest BCUT2D eigenvalue weighted by molar-refractivity contribution is 0.562. The van der Waals surface area contributed by atoms with Crippen LogP contribution in [0.5, 0.6) is 0 Å². The number of para-hydroxylation sites is 1. The second kappa shape index (κ2) is 8.30. The zero-order valence-electron chi connectivity index (χ0n) is 12.9. The predicted molar refractivity (Wildman–Crippen MR) is 86.0 cm³/mol. The number of rotatable bonds is 9. The van der Waals surface area contributed by atoms with Crippen LogP contribution in [0.15, 0.2) is 29.2 Å². The van der Waals surface area contributed by atoms with Crippen LogP contribution in [0.2, 0.25) is 0 Å². The average Bonchev–Trinajstić information content (AvgIpc) is 2.45. The van der Waals surface area contributed by atoms with E-state index in [1.807, 2.05) is 12.1 Å². The highest BCUT2D eigenvalue weighted by Crippen LogP contribution is 2.24. The number of nitrogens with one attached hydrogen (secondary N) is 1. The fraction of sp³-hybridized carbons (Fsp3) is 0.625. The van der Waals surface area contributed by atoms with Crippen LogP contribution in [0.3, 0.4) is 0 Å². The molecule has 1 unspecified atom stereocenters. The first-order valence-corrected chi connectivity index (χ1v) is 9.28. The summed E-state index contributed by atoms with van der Waals surface area (Å²) < 4.78 is 24.3. The highest BCUT2D eigenvalue weighted by molar-refractivity contribution is 7.91. The van der Waals surface area contributed by atoms with Gasteiger partial charge in [0.15, 0.2) is 9.84 Å². The Labute approximate surface area is 123 Å². The molecule has 0 aliphatic heterocycles. The molecule has 1 rings (SSSR count). The lowest BCUT2D eigenvalue weighted by Gasteiger charge is -2.21. The summed E-state index contributed by atoms with van der Waals surface area (Å²) in [7, 11) is -3.17. The molecule has 114 valence electrons. The van der Waals surface area contributed by atoms with Gasteiger partial charge in [0, 0.05) is 6.04 Å². The summed E-state index contributed by atoms with van der Waals surface area (Å²) in [6, 6.07) is 7.60. The molecule has 0 fully saturated rings. The number of sulfone groups is 1. The maximum Gasteiger partial charge on any atom is 0.180 e. The Kier molecular flexibility index (Phi) is 7.06. The Hall–Kier alpha value is -1.03. The Balaban J connectivity index is 2.95. The van der Waals surface area contributed by atoms with Crippen molar-refractivity contribution in [3.8, 4) is 0 Å². The number of unbranched alkanes of at least 4 members (excludes halogenated alkanes) is 1. The topological polar surface area (TPSA) is 46.2 Å². The molecular weight excluding hydrogens is 270 g/mol. The average molecular weight is 297 g/mol. The van der Waals surface area contributed by atoms with E-state index in [9.17, 15) is 8.42 Å². The summed E-state index contributed by atoms with van der Waals surface area (Å²) in [5.41, 5.74) is 0.754. The molecule has 3 nitrogen and oxygen atoms in total. The van der Waals surface area contributed by atoms with Gasteiger partial charge in [-0.05, 0) is 25.0 Å². The monoisotopic (exact) mass is 297 g/mol. The van der Waals surface area contributed by atoms with Crippen molar-refractivity contribution in [3.63, 3.8) is 0 Å². The van der Waals surface area contributed by atoms with Gasteiger partial charge < -0.3 is 5.32 Å². The van der Waals surface area contributed by atoms with Gasteiger partial charge in [-0.1, -0.05) is 52.2 Å². The normalized spacial score (nSPS) is 13.2. The zero-order chi connectivity index (χ0) is 15.0. The molecule has 1 aromatic carbocycles. The van der Waals surface area contributed by atoms with E-state index in [4.69, 9.17) is 0 Å². The fourth-order valence-electron chi connectivity index (χ4n) is 2.32. The summed E-state index contributed by atoms with van der Waals surface area (Å²) in [4.78, 5) is 0.431. The first-order chi connectivity index (χ1) is 9.55.